The van der Waals surface area contributed by atoms with Gasteiger partial charge in [0.1, 0.15) is 11.3 Å². The summed E-state index contributed by atoms with van der Waals surface area (Å²) in [7, 11) is 1.56. The summed E-state index contributed by atoms with van der Waals surface area (Å²) < 4.78 is 6.63. The molecule has 24 heavy (non-hydrogen) atoms. The molecule has 1 aromatic heterocycles. The van der Waals surface area contributed by atoms with Crippen LogP contribution in [-0.2, 0) is 0 Å². The minimum absolute atomic E-state index is 0.0752. The number of carbonyl (C=O) groups is 1. The van der Waals surface area contributed by atoms with Gasteiger partial charge < -0.3 is 9.84 Å². The molecule has 0 saturated carbocycles. The van der Waals surface area contributed by atoms with Gasteiger partial charge in [-0.25, -0.2) is 9.48 Å². The molecule has 5 nitrogen and oxygen atoms in total. The lowest BCUT2D eigenvalue weighted by Gasteiger charge is -2.11. The Bertz CT molecular complexity index is 905. The van der Waals surface area contributed by atoms with Gasteiger partial charge in [0, 0.05) is 10.6 Å². The standard InChI is InChI=1S/C17H12Cl2N2O3/c1-24-12-5-2-10(3-6-12)16-13(17(22)23)9-20-21(16)15-7-4-11(18)8-14(15)19/h2-9H,1H3,(H,22,23). The molecular formula is C17H12Cl2N2O3. The van der Waals surface area contributed by atoms with E-state index in [-0.39, 0.29) is 5.56 Å². The smallest absolute Gasteiger partial charge is 0.339 e. The van der Waals surface area contributed by atoms with Gasteiger partial charge >= 0.3 is 5.97 Å². The summed E-state index contributed by atoms with van der Waals surface area (Å²) in [6.45, 7) is 0. The van der Waals surface area contributed by atoms with E-state index in [0.29, 0.717) is 32.7 Å². The number of ether oxygens (including phenoxy) is 1. The maximum Gasteiger partial charge on any atom is 0.339 e. The van der Waals surface area contributed by atoms with E-state index in [1.165, 1.54) is 10.9 Å². The molecular weight excluding hydrogens is 351 g/mol. The minimum Gasteiger partial charge on any atom is -0.497 e. The second-order valence-electron chi connectivity index (χ2n) is 4.95. The first kappa shape index (κ1) is 16.4. The maximum absolute atomic E-state index is 11.6. The van der Waals surface area contributed by atoms with Crippen LogP contribution in [0.2, 0.25) is 10.0 Å². The first-order valence-corrected chi connectivity index (χ1v) is 7.68. The van der Waals surface area contributed by atoms with Crippen molar-refractivity contribution in [1.82, 2.24) is 9.78 Å². The van der Waals surface area contributed by atoms with Crippen molar-refractivity contribution in [3.8, 4) is 22.7 Å². The van der Waals surface area contributed by atoms with Crippen molar-refractivity contribution in [2.75, 3.05) is 7.11 Å². The highest BCUT2D eigenvalue weighted by atomic mass is 35.5. The van der Waals surface area contributed by atoms with Gasteiger partial charge in [0.15, 0.2) is 0 Å². The molecule has 0 atom stereocenters. The van der Waals surface area contributed by atoms with E-state index in [4.69, 9.17) is 27.9 Å². The molecule has 0 saturated heterocycles. The van der Waals surface area contributed by atoms with Crippen LogP contribution < -0.4 is 4.74 Å². The fraction of sp³-hybridized carbons (Fsp3) is 0.0588. The first-order chi connectivity index (χ1) is 11.5. The Hall–Kier alpha value is -2.50. The van der Waals surface area contributed by atoms with Gasteiger partial charge in [-0.05, 0) is 42.5 Å². The summed E-state index contributed by atoms with van der Waals surface area (Å²) in [6, 6.07) is 12.0. The predicted octanol–water partition coefficient (Wildman–Crippen LogP) is 4.55. The van der Waals surface area contributed by atoms with Crippen LogP contribution in [0.4, 0.5) is 0 Å². The van der Waals surface area contributed by atoms with Crippen LogP contribution in [-0.4, -0.2) is 28.0 Å². The molecule has 0 radical (unpaired) electrons. The summed E-state index contributed by atoms with van der Waals surface area (Å²) in [4.78, 5) is 11.6. The van der Waals surface area contributed by atoms with Crippen molar-refractivity contribution in [3.63, 3.8) is 0 Å². The van der Waals surface area contributed by atoms with Crippen LogP contribution in [0, 0.1) is 0 Å². The Kier molecular flexibility index (Phi) is 4.46. The van der Waals surface area contributed by atoms with E-state index in [1.807, 2.05) is 0 Å². The molecule has 0 aliphatic rings. The van der Waals surface area contributed by atoms with E-state index in [9.17, 15) is 9.90 Å². The number of hydrogen-bond acceptors (Lipinski definition) is 3. The highest BCUT2D eigenvalue weighted by Crippen LogP contribution is 2.32. The highest BCUT2D eigenvalue weighted by Gasteiger charge is 2.20. The van der Waals surface area contributed by atoms with Gasteiger partial charge in [0.25, 0.3) is 0 Å². The molecule has 0 aliphatic heterocycles. The van der Waals surface area contributed by atoms with Gasteiger partial charge in [-0.2, -0.15) is 5.10 Å². The monoisotopic (exact) mass is 362 g/mol. The number of hydrogen-bond donors (Lipinski definition) is 1. The van der Waals surface area contributed by atoms with Gasteiger partial charge in [-0.1, -0.05) is 23.2 Å². The molecule has 7 heteroatoms. The zero-order valence-electron chi connectivity index (χ0n) is 12.5. The molecule has 1 N–H and O–H groups in total. The average molecular weight is 363 g/mol. The van der Waals surface area contributed by atoms with Crippen molar-refractivity contribution >= 4 is 29.2 Å². The van der Waals surface area contributed by atoms with E-state index < -0.39 is 5.97 Å². The number of aromatic carboxylic acids is 1. The normalized spacial score (nSPS) is 10.6. The van der Waals surface area contributed by atoms with Gasteiger partial charge in [0.2, 0.25) is 0 Å². The molecule has 0 bridgehead atoms. The van der Waals surface area contributed by atoms with Crippen LogP contribution in [0.1, 0.15) is 10.4 Å². The van der Waals surface area contributed by atoms with Crippen molar-refractivity contribution in [3.05, 3.63) is 64.3 Å². The van der Waals surface area contributed by atoms with Crippen molar-refractivity contribution in [2.24, 2.45) is 0 Å². The Morgan fingerprint density at radius 2 is 1.88 bits per heavy atom. The number of benzene rings is 2. The molecule has 1 heterocycles. The second-order valence-corrected chi connectivity index (χ2v) is 5.79. The third-order valence-corrected chi connectivity index (χ3v) is 4.04. The Balaban J connectivity index is 2.22. The van der Waals surface area contributed by atoms with Crippen molar-refractivity contribution in [2.45, 2.75) is 0 Å². The molecule has 3 rings (SSSR count). The molecule has 0 amide bonds. The topological polar surface area (TPSA) is 64.3 Å². The van der Waals surface area contributed by atoms with Crippen LogP contribution in [0.15, 0.2) is 48.7 Å². The summed E-state index contributed by atoms with van der Waals surface area (Å²) in [5, 5.41) is 14.5. The number of carboxylic acid groups (broad SMARTS) is 1. The summed E-state index contributed by atoms with van der Waals surface area (Å²) in [6.07, 6.45) is 1.30. The summed E-state index contributed by atoms with van der Waals surface area (Å²) >= 11 is 12.2. The third kappa shape index (κ3) is 2.96. The predicted molar refractivity (Wildman–Crippen MR) is 92.5 cm³/mol. The number of rotatable bonds is 4. The van der Waals surface area contributed by atoms with Gasteiger partial charge in [0.05, 0.1) is 29.7 Å². The first-order valence-electron chi connectivity index (χ1n) is 6.92. The van der Waals surface area contributed by atoms with E-state index in [0.717, 1.165) is 0 Å². The van der Waals surface area contributed by atoms with Gasteiger partial charge in [-0.3, -0.25) is 0 Å². The van der Waals surface area contributed by atoms with Crippen molar-refractivity contribution in [1.29, 1.82) is 0 Å². The zero-order valence-corrected chi connectivity index (χ0v) is 14.0. The number of halogens is 2. The molecule has 3 aromatic rings. The van der Waals surface area contributed by atoms with Crippen LogP contribution >= 0.6 is 23.2 Å². The molecule has 0 spiro atoms. The number of aromatic nitrogens is 2. The van der Waals surface area contributed by atoms with Crippen LogP contribution in [0.3, 0.4) is 0 Å². The molecule has 2 aromatic carbocycles. The third-order valence-electron chi connectivity index (χ3n) is 3.50. The molecule has 0 unspecified atom stereocenters. The lowest BCUT2D eigenvalue weighted by atomic mass is 10.1. The lowest BCUT2D eigenvalue weighted by molar-refractivity contribution is 0.0697. The Morgan fingerprint density at radius 1 is 1.17 bits per heavy atom. The number of nitrogens with zero attached hydrogens (tertiary/aromatic N) is 2. The van der Waals surface area contributed by atoms with Crippen LogP contribution in [0.25, 0.3) is 16.9 Å². The van der Waals surface area contributed by atoms with E-state index in [1.54, 1.807) is 49.6 Å². The Morgan fingerprint density at radius 3 is 2.46 bits per heavy atom. The fourth-order valence-corrected chi connectivity index (χ4v) is 2.86. The molecule has 122 valence electrons. The Labute approximate surface area is 148 Å². The summed E-state index contributed by atoms with van der Waals surface area (Å²) in [5.41, 5.74) is 1.72. The second kappa shape index (κ2) is 6.55. The maximum atomic E-state index is 11.6. The zero-order chi connectivity index (χ0) is 17.3. The number of methoxy groups -OCH3 is 1. The largest absolute Gasteiger partial charge is 0.497 e. The van der Waals surface area contributed by atoms with Crippen molar-refractivity contribution < 1.29 is 14.6 Å². The van der Waals surface area contributed by atoms with E-state index in [2.05, 4.69) is 5.10 Å². The molecule has 0 fully saturated rings. The summed E-state index contributed by atoms with van der Waals surface area (Å²) in [5.74, 6) is -0.400. The fourth-order valence-electron chi connectivity index (χ4n) is 2.37. The minimum atomic E-state index is -1.07. The highest BCUT2D eigenvalue weighted by molar-refractivity contribution is 6.35. The van der Waals surface area contributed by atoms with Gasteiger partial charge in [-0.15, -0.1) is 0 Å². The SMILES string of the molecule is COc1ccc(-c2c(C(=O)O)cnn2-c2ccc(Cl)cc2Cl)cc1. The van der Waals surface area contributed by atoms with E-state index >= 15 is 0 Å². The molecule has 0 aliphatic carbocycles. The lowest BCUT2D eigenvalue weighted by Crippen LogP contribution is -2.03. The van der Waals surface area contributed by atoms with Crippen LogP contribution in [0.5, 0.6) is 5.75 Å². The average Bonchev–Trinajstić information content (AvgIpc) is 3.00. The number of carboxylic acids is 1. The quantitative estimate of drug-likeness (QED) is 0.739.